The van der Waals surface area contributed by atoms with Gasteiger partial charge in [0.25, 0.3) is 0 Å². The highest BCUT2D eigenvalue weighted by Crippen LogP contribution is 2.53. The second kappa shape index (κ2) is 5.50. The van der Waals surface area contributed by atoms with Crippen LogP contribution in [0.25, 0.3) is 10.8 Å². The molecule has 3 aliphatic rings. The van der Waals surface area contributed by atoms with Crippen molar-refractivity contribution in [3.05, 3.63) is 54.6 Å². The van der Waals surface area contributed by atoms with Gasteiger partial charge in [-0.3, -0.25) is 14.4 Å². The van der Waals surface area contributed by atoms with E-state index in [9.17, 15) is 14.4 Å². The molecule has 2 aromatic carbocycles. The molecular formula is C21H17NO5. The molecule has 0 N–H and O–H groups in total. The van der Waals surface area contributed by atoms with Gasteiger partial charge in [-0.05, 0) is 17.5 Å². The second-order valence-electron chi connectivity index (χ2n) is 7.19. The summed E-state index contributed by atoms with van der Waals surface area (Å²) in [4.78, 5) is 39.1. The van der Waals surface area contributed by atoms with Gasteiger partial charge in [-0.1, -0.05) is 42.5 Å². The van der Waals surface area contributed by atoms with Gasteiger partial charge in [0.1, 0.15) is 12.2 Å². The summed E-state index contributed by atoms with van der Waals surface area (Å²) in [5.41, 5.74) is -0.480. The summed E-state index contributed by atoms with van der Waals surface area (Å²) in [7, 11) is 0. The Kier molecular flexibility index (Phi) is 3.30. The van der Waals surface area contributed by atoms with Crippen LogP contribution in [0.1, 0.15) is 6.92 Å². The van der Waals surface area contributed by atoms with Gasteiger partial charge < -0.3 is 9.47 Å². The lowest BCUT2D eigenvalue weighted by Crippen LogP contribution is -2.44. The van der Waals surface area contributed by atoms with Gasteiger partial charge >= 0.3 is 5.97 Å². The molecule has 2 aromatic rings. The van der Waals surface area contributed by atoms with Crippen molar-refractivity contribution in [1.82, 2.24) is 0 Å². The van der Waals surface area contributed by atoms with Crippen LogP contribution in [-0.2, 0) is 23.9 Å². The lowest BCUT2D eigenvalue weighted by Gasteiger charge is -2.28. The summed E-state index contributed by atoms with van der Waals surface area (Å²) >= 11 is 0. The molecule has 2 amide bonds. The number of rotatable bonds is 3. The fourth-order valence-electron chi connectivity index (χ4n) is 4.52. The number of nitrogens with zero attached hydrogens (tertiary/aromatic N) is 1. The monoisotopic (exact) mass is 363 g/mol. The van der Waals surface area contributed by atoms with E-state index >= 15 is 0 Å². The van der Waals surface area contributed by atoms with Gasteiger partial charge in [0.15, 0.2) is 0 Å². The summed E-state index contributed by atoms with van der Waals surface area (Å²) in [5, 5.41) is 1.80. The molecule has 4 atom stereocenters. The standard InChI is InChI=1S/C21H17NO5/c1-12(23)26-11-21-10-9-16(27-21)17-18(21)20(25)22(19(17)24)15-8-4-6-13-5-2-3-7-14(13)15/h2-10,16-18H,11H2,1H3/t16-,17-,18-,21-/m1/s1. The third-order valence-electron chi connectivity index (χ3n) is 5.66. The number of esters is 1. The molecule has 6 heteroatoms. The summed E-state index contributed by atoms with van der Waals surface area (Å²) in [6, 6.07) is 13.2. The molecule has 0 spiro atoms. The maximum atomic E-state index is 13.3. The van der Waals surface area contributed by atoms with E-state index in [0.717, 1.165) is 10.8 Å². The second-order valence-corrected chi connectivity index (χ2v) is 7.19. The number of anilines is 1. The van der Waals surface area contributed by atoms with E-state index in [2.05, 4.69) is 0 Å². The van der Waals surface area contributed by atoms with E-state index in [-0.39, 0.29) is 18.4 Å². The van der Waals surface area contributed by atoms with Crippen molar-refractivity contribution in [3.8, 4) is 0 Å². The van der Waals surface area contributed by atoms with E-state index in [0.29, 0.717) is 5.69 Å². The lowest BCUT2D eigenvalue weighted by molar-refractivity contribution is -0.150. The van der Waals surface area contributed by atoms with Crippen LogP contribution in [0.3, 0.4) is 0 Å². The largest absolute Gasteiger partial charge is 0.462 e. The van der Waals surface area contributed by atoms with Gasteiger partial charge in [-0.15, -0.1) is 0 Å². The molecule has 0 aromatic heterocycles. The summed E-state index contributed by atoms with van der Waals surface area (Å²) in [6.45, 7) is 1.24. The van der Waals surface area contributed by atoms with Crippen LogP contribution in [0.2, 0.25) is 0 Å². The lowest BCUT2D eigenvalue weighted by atomic mass is 9.77. The fraction of sp³-hybridized carbons (Fsp3) is 0.286. The SMILES string of the molecule is CC(=O)OC[C@@]12C=C[C@@H](O1)[C@H]1C(=O)N(c3cccc4ccccc34)C(=O)[C@@H]12. The molecule has 3 aliphatic heterocycles. The first-order valence-corrected chi connectivity index (χ1v) is 8.88. The third-order valence-corrected chi connectivity index (χ3v) is 5.66. The van der Waals surface area contributed by atoms with E-state index in [1.807, 2.05) is 36.4 Å². The Labute approximate surface area is 155 Å². The minimum Gasteiger partial charge on any atom is -0.462 e. The topological polar surface area (TPSA) is 72.9 Å². The molecule has 2 bridgehead atoms. The average molecular weight is 363 g/mol. The normalized spacial score (nSPS) is 31.0. The van der Waals surface area contributed by atoms with Gasteiger partial charge in [-0.2, -0.15) is 0 Å². The highest BCUT2D eigenvalue weighted by atomic mass is 16.6. The Morgan fingerprint density at radius 3 is 2.74 bits per heavy atom. The van der Waals surface area contributed by atoms with Crippen LogP contribution < -0.4 is 4.90 Å². The van der Waals surface area contributed by atoms with Gasteiger partial charge in [0, 0.05) is 12.3 Å². The van der Waals surface area contributed by atoms with Crippen LogP contribution >= 0.6 is 0 Å². The Morgan fingerprint density at radius 2 is 1.93 bits per heavy atom. The molecule has 5 rings (SSSR count). The molecule has 0 saturated carbocycles. The van der Waals surface area contributed by atoms with Crippen LogP contribution in [0.4, 0.5) is 5.69 Å². The van der Waals surface area contributed by atoms with Crippen molar-refractivity contribution in [3.63, 3.8) is 0 Å². The third kappa shape index (κ3) is 2.13. The van der Waals surface area contributed by atoms with Gasteiger partial charge in [0.05, 0.1) is 23.6 Å². The number of fused-ring (bicyclic) bond motifs is 6. The first-order valence-electron chi connectivity index (χ1n) is 8.88. The quantitative estimate of drug-likeness (QED) is 0.475. The predicted molar refractivity (Wildman–Crippen MR) is 96.8 cm³/mol. The zero-order valence-corrected chi connectivity index (χ0v) is 14.6. The van der Waals surface area contributed by atoms with Crippen molar-refractivity contribution in [2.75, 3.05) is 11.5 Å². The summed E-state index contributed by atoms with van der Waals surface area (Å²) < 4.78 is 11.1. The Hall–Kier alpha value is -2.99. The maximum absolute atomic E-state index is 13.3. The minimum atomic E-state index is -1.06. The van der Waals surface area contributed by atoms with Crippen LogP contribution in [0.15, 0.2) is 54.6 Å². The van der Waals surface area contributed by atoms with Crippen LogP contribution in [-0.4, -0.2) is 36.1 Å². The Morgan fingerprint density at radius 1 is 1.15 bits per heavy atom. The van der Waals surface area contributed by atoms with E-state index < -0.39 is 29.5 Å². The molecule has 136 valence electrons. The number of imide groups is 1. The maximum Gasteiger partial charge on any atom is 0.302 e. The molecule has 27 heavy (non-hydrogen) atoms. The molecule has 2 saturated heterocycles. The van der Waals surface area contributed by atoms with Crippen molar-refractivity contribution in [2.24, 2.45) is 11.8 Å². The van der Waals surface area contributed by atoms with Crippen molar-refractivity contribution < 1.29 is 23.9 Å². The van der Waals surface area contributed by atoms with E-state index in [1.54, 1.807) is 18.2 Å². The average Bonchev–Trinajstić information content (AvgIpc) is 3.30. The van der Waals surface area contributed by atoms with Crippen LogP contribution in [0, 0.1) is 11.8 Å². The van der Waals surface area contributed by atoms with Crippen molar-refractivity contribution in [2.45, 2.75) is 18.6 Å². The highest BCUT2D eigenvalue weighted by Gasteiger charge is 2.68. The molecule has 0 radical (unpaired) electrons. The first kappa shape index (κ1) is 16.2. The molecule has 3 heterocycles. The zero-order chi connectivity index (χ0) is 18.8. The summed E-state index contributed by atoms with van der Waals surface area (Å²) in [5.74, 6) is -2.29. The van der Waals surface area contributed by atoms with E-state index in [1.165, 1.54) is 11.8 Å². The van der Waals surface area contributed by atoms with E-state index in [4.69, 9.17) is 9.47 Å². The number of benzene rings is 2. The minimum absolute atomic E-state index is 0.0705. The molecule has 6 nitrogen and oxygen atoms in total. The number of carbonyl (C=O) groups excluding carboxylic acids is 3. The smallest absolute Gasteiger partial charge is 0.302 e. The first-order chi connectivity index (χ1) is 13.0. The van der Waals surface area contributed by atoms with Crippen molar-refractivity contribution >= 4 is 34.2 Å². The zero-order valence-electron chi connectivity index (χ0n) is 14.6. The fourth-order valence-corrected chi connectivity index (χ4v) is 4.52. The Balaban J connectivity index is 1.58. The van der Waals surface area contributed by atoms with Gasteiger partial charge in [-0.25, -0.2) is 4.90 Å². The summed E-state index contributed by atoms with van der Waals surface area (Å²) in [6.07, 6.45) is 3.09. The number of carbonyl (C=O) groups is 3. The van der Waals surface area contributed by atoms with Crippen LogP contribution in [0.5, 0.6) is 0 Å². The highest BCUT2D eigenvalue weighted by molar-refractivity contribution is 6.26. The Bertz CT molecular complexity index is 1020. The van der Waals surface area contributed by atoms with Crippen molar-refractivity contribution in [1.29, 1.82) is 0 Å². The molecule has 0 aliphatic carbocycles. The number of hydrogen-bond donors (Lipinski definition) is 0. The molecule has 2 fully saturated rings. The number of ether oxygens (including phenoxy) is 2. The molecule has 0 unspecified atom stereocenters. The predicted octanol–water partition coefficient (Wildman–Crippen LogP) is 2.22. The molecular weight excluding hydrogens is 346 g/mol. The van der Waals surface area contributed by atoms with Gasteiger partial charge in [0.2, 0.25) is 11.8 Å². The number of amides is 2. The number of hydrogen-bond acceptors (Lipinski definition) is 5.